The number of alkyl halides is 3. The standard InChI is InChI=1S/C9H8ClN3.C8H4F3NO/c10-8-5-7(6-1-2-6)9-11-3-4-13(9)12-8;9-8(10,11)13-7-4-2-1-3-6(7)5-12/h3-6H,1-2H2;1-4H. The lowest BCUT2D eigenvalue weighted by Gasteiger charge is -2.09. The maximum Gasteiger partial charge on any atom is 0.573 e. The molecule has 0 aliphatic heterocycles. The first-order chi connectivity index (χ1) is 12.4. The monoisotopic (exact) mass is 380 g/mol. The zero-order valence-electron chi connectivity index (χ0n) is 13.2. The van der Waals surface area contributed by atoms with Gasteiger partial charge in [-0.1, -0.05) is 23.7 Å². The van der Waals surface area contributed by atoms with E-state index in [1.807, 2.05) is 12.3 Å². The van der Waals surface area contributed by atoms with Crippen molar-refractivity contribution in [1.82, 2.24) is 14.6 Å². The van der Waals surface area contributed by atoms with Gasteiger partial charge >= 0.3 is 6.36 Å². The lowest BCUT2D eigenvalue weighted by atomic mass is 10.2. The Hall–Kier alpha value is -2.79. The summed E-state index contributed by atoms with van der Waals surface area (Å²) in [7, 11) is 0. The van der Waals surface area contributed by atoms with Crippen molar-refractivity contribution < 1.29 is 17.9 Å². The number of aromatic nitrogens is 3. The number of hydrogen-bond acceptors (Lipinski definition) is 4. The van der Waals surface area contributed by atoms with Crippen molar-refractivity contribution in [2.75, 3.05) is 0 Å². The molecule has 2 aromatic heterocycles. The fraction of sp³-hybridized carbons (Fsp3) is 0.235. The van der Waals surface area contributed by atoms with E-state index in [0.29, 0.717) is 11.1 Å². The van der Waals surface area contributed by atoms with Crippen molar-refractivity contribution in [1.29, 1.82) is 5.26 Å². The van der Waals surface area contributed by atoms with Gasteiger partial charge in [-0.25, -0.2) is 9.50 Å². The number of fused-ring (bicyclic) bond motifs is 1. The quantitative estimate of drug-likeness (QED) is 0.645. The number of rotatable bonds is 2. The molecule has 1 saturated carbocycles. The van der Waals surface area contributed by atoms with Crippen LogP contribution < -0.4 is 4.74 Å². The normalized spacial score (nSPS) is 13.7. The van der Waals surface area contributed by atoms with E-state index in [1.54, 1.807) is 16.8 Å². The van der Waals surface area contributed by atoms with Gasteiger partial charge in [0.15, 0.2) is 5.65 Å². The number of nitriles is 1. The molecule has 1 aromatic carbocycles. The summed E-state index contributed by atoms with van der Waals surface area (Å²) in [6.07, 6.45) is 1.33. The molecular formula is C17H12ClF3N4O. The van der Waals surface area contributed by atoms with Crippen LogP contribution in [0.3, 0.4) is 0 Å². The first kappa shape index (κ1) is 18.0. The first-order valence-corrected chi connectivity index (χ1v) is 8.00. The second kappa shape index (κ2) is 7.22. The Morgan fingerprint density at radius 2 is 2.00 bits per heavy atom. The molecule has 2 heterocycles. The minimum absolute atomic E-state index is 0.139. The smallest absolute Gasteiger partial charge is 0.404 e. The number of ether oxygens (including phenoxy) is 1. The molecule has 0 atom stereocenters. The number of para-hydroxylation sites is 1. The average Bonchev–Trinajstić information content (AvgIpc) is 3.32. The van der Waals surface area contributed by atoms with Crippen LogP contribution in [0.25, 0.3) is 5.65 Å². The van der Waals surface area contributed by atoms with Crippen molar-refractivity contribution in [2.24, 2.45) is 0 Å². The van der Waals surface area contributed by atoms with Crippen molar-refractivity contribution in [2.45, 2.75) is 25.1 Å². The van der Waals surface area contributed by atoms with Gasteiger partial charge in [0.2, 0.25) is 0 Å². The van der Waals surface area contributed by atoms with Gasteiger partial charge in [0.1, 0.15) is 17.0 Å². The third-order valence-electron chi connectivity index (χ3n) is 3.61. The Kier molecular flexibility index (Phi) is 5.00. The summed E-state index contributed by atoms with van der Waals surface area (Å²) >= 11 is 5.89. The fourth-order valence-electron chi connectivity index (χ4n) is 2.38. The van der Waals surface area contributed by atoms with Crippen molar-refractivity contribution in [3.05, 3.63) is 59.0 Å². The molecule has 5 nitrogen and oxygen atoms in total. The SMILES string of the molecule is Clc1cc(C2CC2)c2nccn2n1.N#Cc1ccccc1OC(F)(F)F. The minimum Gasteiger partial charge on any atom is -0.404 e. The topological polar surface area (TPSA) is 63.2 Å². The predicted octanol–water partition coefficient (Wildman–Crippen LogP) is 4.72. The summed E-state index contributed by atoms with van der Waals surface area (Å²) in [4.78, 5) is 4.26. The Bertz CT molecular complexity index is 961. The highest BCUT2D eigenvalue weighted by Crippen LogP contribution is 2.41. The maximum absolute atomic E-state index is 11.7. The van der Waals surface area contributed by atoms with Gasteiger partial charge in [-0.15, -0.1) is 13.2 Å². The molecule has 1 fully saturated rings. The van der Waals surface area contributed by atoms with E-state index in [-0.39, 0.29) is 5.56 Å². The highest BCUT2D eigenvalue weighted by molar-refractivity contribution is 6.29. The van der Waals surface area contributed by atoms with E-state index in [4.69, 9.17) is 16.9 Å². The van der Waals surface area contributed by atoms with Gasteiger partial charge in [-0.2, -0.15) is 10.4 Å². The molecule has 0 bridgehead atoms. The number of nitrogens with zero attached hydrogens (tertiary/aromatic N) is 4. The summed E-state index contributed by atoms with van der Waals surface area (Å²) in [6.45, 7) is 0. The van der Waals surface area contributed by atoms with E-state index < -0.39 is 12.1 Å². The molecule has 0 spiro atoms. The van der Waals surface area contributed by atoms with Crippen molar-refractivity contribution in [3.8, 4) is 11.8 Å². The average molecular weight is 381 g/mol. The predicted molar refractivity (Wildman–Crippen MR) is 87.8 cm³/mol. The first-order valence-electron chi connectivity index (χ1n) is 7.62. The maximum atomic E-state index is 11.7. The molecule has 1 aliphatic carbocycles. The van der Waals surface area contributed by atoms with E-state index in [9.17, 15) is 13.2 Å². The highest BCUT2D eigenvalue weighted by atomic mass is 35.5. The lowest BCUT2D eigenvalue weighted by molar-refractivity contribution is -0.274. The molecule has 0 saturated heterocycles. The van der Waals surface area contributed by atoms with Crippen molar-refractivity contribution >= 4 is 17.2 Å². The third-order valence-corrected chi connectivity index (χ3v) is 3.79. The summed E-state index contributed by atoms with van der Waals surface area (Å²) in [5.41, 5.74) is 2.05. The van der Waals surface area contributed by atoms with Crippen LogP contribution in [0.15, 0.2) is 42.7 Å². The summed E-state index contributed by atoms with van der Waals surface area (Å²) in [5.74, 6) is 0.183. The van der Waals surface area contributed by atoms with Crippen LogP contribution in [0.2, 0.25) is 5.15 Å². The molecule has 0 radical (unpaired) electrons. The van der Waals surface area contributed by atoms with Gasteiger partial charge in [-0.05, 0) is 37.0 Å². The van der Waals surface area contributed by atoms with Crippen LogP contribution in [0.1, 0.15) is 29.9 Å². The van der Waals surface area contributed by atoms with E-state index >= 15 is 0 Å². The Morgan fingerprint density at radius 1 is 1.27 bits per heavy atom. The molecule has 0 amide bonds. The van der Waals surface area contributed by atoms with E-state index in [1.165, 1.54) is 36.6 Å². The molecule has 26 heavy (non-hydrogen) atoms. The van der Waals surface area contributed by atoms with Crippen LogP contribution in [0.4, 0.5) is 13.2 Å². The molecular weight excluding hydrogens is 369 g/mol. The largest absolute Gasteiger partial charge is 0.573 e. The van der Waals surface area contributed by atoms with Crippen LogP contribution >= 0.6 is 11.6 Å². The summed E-state index contributed by atoms with van der Waals surface area (Å²) in [6, 6.07) is 8.69. The van der Waals surface area contributed by atoms with Crippen LogP contribution in [0, 0.1) is 11.3 Å². The minimum atomic E-state index is -4.76. The number of imidazole rings is 1. The second-order valence-corrected chi connectivity index (χ2v) is 5.94. The zero-order valence-corrected chi connectivity index (χ0v) is 14.0. The van der Waals surface area contributed by atoms with Gasteiger partial charge < -0.3 is 4.74 Å². The highest BCUT2D eigenvalue weighted by Gasteiger charge is 2.32. The molecule has 4 rings (SSSR count). The zero-order chi connectivity index (χ0) is 18.7. The van der Waals surface area contributed by atoms with Gasteiger partial charge in [-0.3, -0.25) is 0 Å². The summed E-state index contributed by atoms with van der Waals surface area (Å²) in [5, 5.41) is 13.1. The molecule has 0 N–H and O–H groups in total. The molecule has 0 unspecified atom stereocenters. The van der Waals surface area contributed by atoms with Crippen LogP contribution in [0.5, 0.6) is 5.75 Å². The number of hydrogen-bond donors (Lipinski definition) is 0. The fourth-order valence-corrected chi connectivity index (χ4v) is 2.58. The number of benzene rings is 1. The van der Waals surface area contributed by atoms with Crippen LogP contribution in [-0.4, -0.2) is 21.0 Å². The third kappa shape index (κ3) is 4.43. The molecule has 134 valence electrons. The second-order valence-electron chi connectivity index (χ2n) is 5.55. The molecule has 1 aliphatic rings. The van der Waals surface area contributed by atoms with Crippen molar-refractivity contribution in [3.63, 3.8) is 0 Å². The van der Waals surface area contributed by atoms with Crippen LogP contribution in [-0.2, 0) is 0 Å². The Balaban J connectivity index is 0.000000151. The van der Waals surface area contributed by atoms with E-state index in [2.05, 4.69) is 14.8 Å². The lowest BCUT2D eigenvalue weighted by Crippen LogP contribution is -2.17. The number of halogens is 4. The Morgan fingerprint density at radius 3 is 2.65 bits per heavy atom. The van der Waals surface area contributed by atoms with Gasteiger partial charge in [0.05, 0.1) is 5.56 Å². The van der Waals surface area contributed by atoms with Gasteiger partial charge in [0.25, 0.3) is 0 Å². The molecule has 9 heteroatoms. The van der Waals surface area contributed by atoms with Gasteiger partial charge in [0, 0.05) is 18.0 Å². The summed E-state index contributed by atoms with van der Waals surface area (Å²) < 4.78 is 40.5. The van der Waals surface area contributed by atoms with E-state index in [0.717, 1.165) is 11.7 Å². The Labute approximate surface area is 151 Å². The molecule has 3 aromatic rings.